The maximum absolute atomic E-state index is 3.49. The van der Waals surface area contributed by atoms with Crippen molar-refractivity contribution in [3.05, 3.63) is 64.7 Å². The predicted octanol–water partition coefficient (Wildman–Crippen LogP) is 4.41. The van der Waals surface area contributed by atoms with Crippen LogP contribution in [0.1, 0.15) is 36.1 Å². The van der Waals surface area contributed by atoms with Gasteiger partial charge in [0.2, 0.25) is 0 Å². The van der Waals surface area contributed by atoms with Crippen molar-refractivity contribution in [2.75, 3.05) is 5.32 Å². The molecule has 0 spiro atoms. The molecule has 0 atom stereocenters. The second kappa shape index (κ2) is 7.28. The molecule has 0 aliphatic rings. The van der Waals surface area contributed by atoms with Gasteiger partial charge in [-0.2, -0.15) is 0 Å². The summed E-state index contributed by atoms with van der Waals surface area (Å²) in [6.45, 7) is 10.6. The van der Waals surface area contributed by atoms with Gasteiger partial charge in [0.15, 0.2) is 0 Å². The number of benzene rings is 2. The van der Waals surface area contributed by atoms with Crippen LogP contribution in [0.3, 0.4) is 0 Å². The zero-order chi connectivity index (χ0) is 15.2. The van der Waals surface area contributed by atoms with Crippen molar-refractivity contribution in [1.82, 2.24) is 5.32 Å². The Kier molecular flexibility index (Phi) is 5.40. The largest absolute Gasteiger partial charge is 0.381 e. The number of hydrogen-bond acceptors (Lipinski definition) is 2. The van der Waals surface area contributed by atoms with Crippen molar-refractivity contribution >= 4 is 5.69 Å². The Bertz CT molecular complexity index is 574. The summed E-state index contributed by atoms with van der Waals surface area (Å²) in [4.78, 5) is 0. The molecular weight excluding hydrogens is 256 g/mol. The fourth-order valence-electron chi connectivity index (χ4n) is 2.38. The first-order valence-electron chi connectivity index (χ1n) is 7.67. The normalized spacial score (nSPS) is 10.9. The summed E-state index contributed by atoms with van der Waals surface area (Å²) < 4.78 is 0. The fourth-order valence-corrected chi connectivity index (χ4v) is 2.38. The quantitative estimate of drug-likeness (QED) is 0.820. The SMILES string of the molecule is Cc1cc(CNC(C)C)c(C)cc1CNc1ccccc1. The smallest absolute Gasteiger partial charge is 0.0403 e. The molecular formula is C19H26N2. The van der Waals surface area contributed by atoms with E-state index in [0.29, 0.717) is 6.04 Å². The van der Waals surface area contributed by atoms with Gasteiger partial charge in [0.1, 0.15) is 0 Å². The van der Waals surface area contributed by atoms with Gasteiger partial charge in [-0.1, -0.05) is 44.2 Å². The van der Waals surface area contributed by atoms with Crippen molar-refractivity contribution in [1.29, 1.82) is 0 Å². The molecule has 0 amide bonds. The van der Waals surface area contributed by atoms with E-state index in [1.165, 1.54) is 27.9 Å². The number of aryl methyl sites for hydroxylation is 2. The Morgan fingerprint density at radius 2 is 1.43 bits per heavy atom. The lowest BCUT2D eigenvalue weighted by molar-refractivity contribution is 0.587. The van der Waals surface area contributed by atoms with Gasteiger partial charge < -0.3 is 10.6 Å². The molecule has 0 unspecified atom stereocenters. The molecule has 0 heterocycles. The highest BCUT2D eigenvalue weighted by molar-refractivity contribution is 5.45. The van der Waals surface area contributed by atoms with Gasteiger partial charge in [0.05, 0.1) is 0 Å². The van der Waals surface area contributed by atoms with Crippen LogP contribution < -0.4 is 10.6 Å². The second-order valence-corrected chi connectivity index (χ2v) is 5.96. The lowest BCUT2D eigenvalue weighted by atomic mass is 9.99. The summed E-state index contributed by atoms with van der Waals surface area (Å²) >= 11 is 0. The maximum atomic E-state index is 3.49. The number of rotatable bonds is 6. The van der Waals surface area contributed by atoms with Crippen molar-refractivity contribution in [2.45, 2.75) is 46.8 Å². The second-order valence-electron chi connectivity index (χ2n) is 5.96. The van der Waals surface area contributed by atoms with Crippen LogP contribution >= 0.6 is 0 Å². The molecule has 21 heavy (non-hydrogen) atoms. The van der Waals surface area contributed by atoms with Crippen LogP contribution in [-0.4, -0.2) is 6.04 Å². The topological polar surface area (TPSA) is 24.1 Å². The molecule has 2 nitrogen and oxygen atoms in total. The minimum Gasteiger partial charge on any atom is -0.381 e. The molecule has 0 aromatic heterocycles. The average molecular weight is 282 g/mol. The first-order chi connectivity index (χ1) is 10.1. The van der Waals surface area contributed by atoms with Gasteiger partial charge in [0, 0.05) is 24.8 Å². The molecule has 0 aliphatic carbocycles. The van der Waals surface area contributed by atoms with Crippen LogP contribution in [0.2, 0.25) is 0 Å². The molecule has 0 saturated heterocycles. The Hall–Kier alpha value is -1.80. The highest BCUT2D eigenvalue weighted by atomic mass is 14.9. The Morgan fingerprint density at radius 3 is 2.00 bits per heavy atom. The average Bonchev–Trinajstić information content (AvgIpc) is 2.47. The Balaban J connectivity index is 2.05. The third-order valence-corrected chi connectivity index (χ3v) is 3.75. The minimum atomic E-state index is 0.518. The van der Waals surface area contributed by atoms with Gasteiger partial charge >= 0.3 is 0 Å². The van der Waals surface area contributed by atoms with Crippen LogP contribution in [0.5, 0.6) is 0 Å². The fraction of sp³-hybridized carbons (Fsp3) is 0.368. The molecule has 0 bridgehead atoms. The Morgan fingerprint density at radius 1 is 0.857 bits per heavy atom. The zero-order valence-corrected chi connectivity index (χ0v) is 13.5. The molecule has 0 aliphatic heterocycles. The monoisotopic (exact) mass is 282 g/mol. The lowest BCUT2D eigenvalue weighted by Gasteiger charge is -2.15. The van der Waals surface area contributed by atoms with Crippen molar-refractivity contribution in [3.63, 3.8) is 0 Å². The molecule has 2 aromatic carbocycles. The Labute approximate surface area is 128 Å². The number of hydrogen-bond donors (Lipinski definition) is 2. The van der Waals surface area contributed by atoms with E-state index < -0.39 is 0 Å². The van der Waals surface area contributed by atoms with E-state index in [1.54, 1.807) is 0 Å². The summed E-state index contributed by atoms with van der Waals surface area (Å²) in [7, 11) is 0. The molecule has 0 radical (unpaired) electrons. The third-order valence-electron chi connectivity index (χ3n) is 3.75. The van der Waals surface area contributed by atoms with Gasteiger partial charge in [0.25, 0.3) is 0 Å². The lowest BCUT2D eigenvalue weighted by Crippen LogP contribution is -2.22. The summed E-state index contributed by atoms with van der Waals surface area (Å²) in [6, 6.07) is 15.5. The van der Waals surface area contributed by atoms with Crippen molar-refractivity contribution in [3.8, 4) is 0 Å². The summed E-state index contributed by atoms with van der Waals surface area (Å²) in [5.74, 6) is 0. The van der Waals surface area contributed by atoms with Crippen LogP contribution in [-0.2, 0) is 13.1 Å². The highest BCUT2D eigenvalue weighted by Gasteiger charge is 2.05. The number of para-hydroxylation sites is 1. The van der Waals surface area contributed by atoms with Crippen LogP contribution in [0, 0.1) is 13.8 Å². The van der Waals surface area contributed by atoms with Gasteiger partial charge in [-0.15, -0.1) is 0 Å². The standard InChI is InChI=1S/C19H26N2/c1-14(2)20-12-17-10-16(4)18(11-15(17)3)13-21-19-8-6-5-7-9-19/h5-11,14,20-21H,12-13H2,1-4H3. The number of anilines is 1. The first kappa shape index (κ1) is 15.6. The third kappa shape index (κ3) is 4.61. The minimum absolute atomic E-state index is 0.518. The van der Waals surface area contributed by atoms with Crippen LogP contribution in [0.25, 0.3) is 0 Å². The molecule has 112 valence electrons. The van der Waals surface area contributed by atoms with Gasteiger partial charge in [-0.05, 0) is 48.2 Å². The zero-order valence-electron chi connectivity index (χ0n) is 13.5. The van der Waals surface area contributed by atoms with E-state index in [-0.39, 0.29) is 0 Å². The van der Waals surface area contributed by atoms with Gasteiger partial charge in [-0.25, -0.2) is 0 Å². The molecule has 0 fully saturated rings. The van der Waals surface area contributed by atoms with Gasteiger partial charge in [-0.3, -0.25) is 0 Å². The summed E-state index contributed by atoms with van der Waals surface area (Å²) in [5.41, 5.74) is 6.64. The maximum Gasteiger partial charge on any atom is 0.0403 e. The summed E-state index contributed by atoms with van der Waals surface area (Å²) in [5, 5.41) is 6.97. The molecule has 2 rings (SSSR count). The molecule has 2 N–H and O–H groups in total. The molecule has 2 heteroatoms. The van der Waals surface area contributed by atoms with Crippen LogP contribution in [0.15, 0.2) is 42.5 Å². The molecule has 0 saturated carbocycles. The highest BCUT2D eigenvalue weighted by Crippen LogP contribution is 2.18. The van der Waals surface area contributed by atoms with E-state index in [9.17, 15) is 0 Å². The van der Waals surface area contributed by atoms with E-state index in [1.807, 2.05) is 6.07 Å². The van der Waals surface area contributed by atoms with E-state index >= 15 is 0 Å². The van der Waals surface area contributed by atoms with E-state index in [0.717, 1.165) is 13.1 Å². The van der Waals surface area contributed by atoms with E-state index in [4.69, 9.17) is 0 Å². The van der Waals surface area contributed by atoms with Crippen molar-refractivity contribution in [2.24, 2.45) is 0 Å². The van der Waals surface area contributed by atoms with E-state index in [2.05, 4.69) is 74.7 Å². The number of nitrogens with one attached hydrogen (secondary N) is 2. The van der Waals surface area contributed by atoms with Crippen molar-refractivity contribution < 1.29 is 0 Å². The summed E-state index contributed by atoms with van der Waals surface area (Å²) in [6.07, 6.45) is 0. The van der Waals surface area contributed by atoms with Crippen LogP contribution in [0.4, 0.5) is 5.69 Å². The predicted molar refractivity (Wildman–Crippen MR) is 91.7 cm³/mol. The molecule has 2 aromatic rings. The first-order valence-corrected chi connectivity index (χ1v) is 7.67.